The highest BCUT2D eigenvalue weighted by Gasteiger charge is 2.23. The first-order valence-electron chi connectivity index (χ1n) is 9.76. The smallest absolute Gasteiger partial charge is 0.307 e. The normalized spacial score (nSPS) is 11.5. The van der Waals surface area contributed by atoms with Crippen molar-refractivity contribution in [2.75, 3.05) is 19.8 Å². The molecule has 0 aliphatic heterocycles. The third kappa shape index (κ3) is 6.41. The molecule has 0 spiro atoms. The number of aryl methyl sites for hydroxylation is 1. The van der Waals surface area contributed by atoms with Crippen molar-refractivity contribution >= 4 is 11.9 Å². The Hall–Kier alpha value is -2.82. The first kappa shape index (κ1) is 21.5. The van der Waals surface area contributed by atoms with E-state index in [2.05, 4.69) is 6.92 Å². The van der Waals surface area contributed by atoms with Crippen molar-refractivity contribution in [3.05, 3.63) is 65.7 Å². The average molecular weight is 383 g/mol. The summed E-state index contributed by atoms with van der Waals surface area (Å²) in [6.45, 7) is 6.35. The van der Waals surface area contributed by atoms with Crippen LogP contribution in [0.4, 0.5) is 0 Å². The van der Waals surface area contributed by atoms with Crippen LogP contribution in [0, 0.1) is 0 Å². The maximum atomic E-state index is 12.9. The van der Waals surface area contributed by atoms with Crippen molar-refractivity contribution < 1.29 is 19.1 Å². The average Bonchev–Trinajstić information content (AvgIpc) is 2.73. The second-order valence-corrected chi connectivity index (χ2v) is 6.51. The van der Waals surface area contributed by atoms with Gasteiger partial charge in [0.15, 0.2) is 6.61 Å². The number of carbonyl (C=O) groups excluding carboxylic acids is 2. The van der Waals surface area contributed by atoms with E-state index < -0.39 is 0 Å². The van der Waals surface area contributed by atoms with E-state index in [1.807, 2.05) is 61.5 Å². The summed E-state index contributed by atoms with van der Waals surface area (Å²) >= 11 is 0. The van der Waals surface area contributed by atoms with Crippen LogP contribution in [0.3, 0.4) is 0 Å². The Kier molecular flexibility index (Phi) is 8.53. The van der Waals surface area contributed by atoms with Crippen LogP contribution >= 0.6 is 0 Å². The summed E-state index contributed by atoms with van der Waals surface area (Å²) in [6, 6.07) is 17.3. The first-order chi connectivity index (χ1) is 13.5. The highest BCUT2D eigenvalue weighted by atomic mass is 16.5. The number of esters is 1. The monoisotopic (exact) mass is 383 g/mol. The molecule has 0 radical (unpaired) electrons. The maximum Gasteiger partial charge on any atom is 0.307 e. The summed E-state index contributed by atoms with van der Waals surface area (Å²) in [7, 11) is 0. The molecule has 150 valence electrons. The quantitative estimate of drug-likeness (QED) is 0.578. The number of rotatable bonds is 10. The molecule has 0 aliphatic carbocycles. The van der Waals surface area contributed by atoms with Crippen LogP contribution in [0.1, 0.15) is 44.4 Å². The molecule has 0 heterocycles. The summed E-state index contributed by atoms with van der Waals surface area (Å²) in [5, 5.41) is 0. The summed E-state index contributed by atoms with van der Waals surface area (Å²) in [4.78, 5) is 26.3. The molecule has 0 fully saturated rings. The zero-order chi connectivity index (χ0) is 20.4. The van der Waals surface area contributed by atoms with Gasteiger partial charge in [-0.2, -0.15) is 0 Å². The summed E-state index contributed by atoms with van der Waals surface area (Å²) in [6.07, 6.45) is 1.11. The van der Waals surface area contributed by atoms with E-state index in [0.29, 0.717) is 12.4 Å². The number of amides is 1. The van der Waals surface area contributed by atoms with Crippen molar-refractivity contribution in [2.45, 2.75) is 39.7 Å². The van der Waals surface area contributed by atoms with Gasteiger partial charge >= 0.3 is 5.97 Å². The van der Waals surface area contributed by atoms with Gasteiger partial charge in [0.25, 0.3) is 5.91 Å². The predicted octanol–water partition coefficient (Wildman–Crippen LogP) is 4.17. The lowest BCUT2D eigenvalue weighted by atomic mass is 10.1. The molecule has 1 amide bonds. The summed E-state index contributed by atoms with van der Waals surface area (Å²) in [5.74, 6) is 0.181. The SMILES string of the molecule is CCOC(=O)CCN(C(=O)COc1ccc(CC)cc1)C(C)c1ccccc1. The molecule has 0 aliphatic rings. The second kappa shape index (κ2) is 11.1. The molecule has 2 aromatic carbocycles. The van der Waals surface area contributed by atoms with Gasteiger partial charge in [-0.15, -0.1) is 0 Å². The number of hydrogen-bond acceptors (Lipinski definition) is 4. The van der Waals surface area contributed by atoms with Crippen LogP contribution in [0.5, 0.6) is 5.75 Å². The predicted molar refractivity (Wildman–Crippen MR) is 109 cm³/mol. The van der Waals surface area contributed by atoms with Crippen LogP contribution in [-0.2, 0) is 20.7 Å². The van der Waals surface area contributed by atoms with Crippen LogP contribution in [-0.4, -0.2) is 36.5 Å². The van der Waals surface area contributed by atoms with Crippen LogP contribution in [0.2, 0.25) is 0 Å². The standard InChI is InChI=1S/C23H29NO4/c1-4-19-11-13-21(14-12-19)28-17-22(25)24(16-15-23(26)27-5-2)18(3)20-9-7-6-8-10-20/h6-14,18H,4-5,15-17H2,1-3H3. The summed E-state index contributed by atoms with van der Waals surface area (Å²) < 4.78 is 10.7. The van der Waals surface area contributed by atoms with E-state index in [4.69, 9.17) is 9.47 Å². The van der Waals surface area contributed by atoms with Crippen LogP contribution in [0.25, 0.3) is 0 Å². The lowest BCUT2D eigenvalue weighted by molar-refractivity contribution is -0.144. The Labute approximate surface area is 167 Å². The second-order valence-electron chi connectivity index (χ2n) is 6.51. The Morgan fingerprint density at radius 2 is 1.68 bits per heavy atom. The number of carbonyl (C=O) groups is 2. The lowest BCUT2D eigenvalue weighted by Gasteiger charge is -2.29. The van der Waals surface area contributed by atoms with Gasteiger partial charge in [-0.3, -0.25) is 9.59 Å². The van der Waals surface area contributed by atoms with Gasteiger partial charge in [0.05, 0.1) is 19.1 Å². The van der Waals surface area contributed by atoms with Gasteiger partial charge in [0.1, 0.15) is 5.75 Å². The van der Waals surface area contributed by atoms with E-state index in [1.165, 1.54) is 5.56 Å². The Morgan fingerprint density at radius 1 is 1.00 bits per heavy atom. The van der Waals surface area contributed by atoms with Crippen LogP contribution < -0.4 is 4.74 Å². The van der Waals surface area contributed by atoms with Crippen molar-refractivity contribution in [2.24, 2.45) is 0 Å². The fourth-order valence-corrected chi connectivity index (χ4v) is 2.94. The fourth-order valence-electron chi connectivity index (χ4n) is 2.94. The zero-order valence-electron chi connectivity index (χ0n) is 16.9. The fraction of sp³-hybridized carbons (Fsp3) is 0.391. The summed E-state index contributed by atoms with van der Waals surface area (Å²) in [5.41, 5.74) is 2.22. The van der Waals surface area contributed by atoms with E-state index in [-0.39, 0.29) is 37.5 Å². The van der Waals surface area contributed by atoms with Gasteiger partial charge in [-0.05, 0) is 43.5 Å². The molecule has 2 aromatic rings. The van der Waals surface area contributed by atoms with Crippen molar-refractivity contribution in [3.63, 3.8) is 0 Å². The Morgan fingerprint density at radius 3 is 2.29 bits per heavy atom. The molecule has 0 saturated heterocycles. The molecule has 1 atom stereocenters. The largest absolute Gasteiger partial charge is 0.484 e. The van der Waals surface area contributed by atoms with Gasteiger partial charge in [0, 0.05) is 6.54 Å². The van der Waals surface area contributed by atoms with Crippen molar-refractivity contribution in [3.8, 4) is 5.75 Å². The molecule has 1 unspecified atom stereocenters. The molecule has 5 heteroatoms. The zero-order valence-corrected chi connectivity index (χ0v) is 16.9. The Balaban J connectivity index is 2.05. The van der Waals surface area contributed by atoms with Gasteiger partial charge in [0.2, 0.25) is 0 Å². The van der Waals surface area contributed by atoms with E-state index in [1.54, 1.807) is 11.8 Å². The van der Waals surface area contributed by atoms with Gasteiger partial charge < -0.3 is 14.4 Å². The molecule has 0 saturated carbocycles. The van der Waals surface area contributed by atoms with E-state index >= 15 is 0 Å². The number of hydrogen-bond donors (Lipinski definition) is 0. The minimum Gasteiger partial charge on any atom is -0.484 e. The lowest BCUT2D eigenvalue weighted by Crippen LogP contribution is -2.38. The molecule has 0 N–H and O–H groups in total. The number of benzene rings is 2. The van der Waals surface area contributed by atoms with Crippen LogP contribution in [0.15, 0.2) is 54.6 Å². The highest BCUT2D eigenvalue weighted by molar-refractivity contribution is 5.79. The molecule has 28 heavy (non-hydrogen) atoms. The number of ether oxygens (including phenoxy) is 2. The topological polar surface area (TPSA) is 55.8 Å². The van der Waals surface area contributed by atoms with Crippen molar-refractivity contribution in [1.29, 1.82) is 0 Å². The van der Waals surface area contributed by atoms with E-state index in [0.717, 1.165) is 12.0 Å². The van der Waals surface area contributed by atoms with Gasteiger partial charge in [-0.25, -0.2) is 0 Å². The van der Waals surface area contributed by atoms with Crippen molar-refractivity contribution in [1.82, 2.24) is 4.90 Å². The van der Waals surface area contributed by atoms with E-state index in [9.17, 15) is 9.59 Å². The molecule has 0 aromatic heterocycles. The highest BCUT2D eigenvalue weighted by Crippen LogP contribution is 2.21. The minimum atomic E-state index is -0.309. The van der Waals surface area contributed by atoms with Gasteiger partial charge in [-0.1, -0.05) is 49.4 Å². The molecular weight excluding hydrogens is 354 g/mol. The first-order valence-corrected chi connectivity index (χ1v) is 9.76. The molecule has 0 bridgehead atoms. The maximum absolute atomic E-state index is 12.9. The Bertz CT molecular complexity index is 743. The molecule has 5 nitrogen and oxygen atoms in total. The number of nitrogens with zero attached hydrogens (tertiary/aromatic N) is 1. The third-order valence-corrected chi connectivity index (χ3v) is 4.63. The third-order valence-electron chi connectivity index (χ3n) is 4.63. The molecule has 2 rings (SSSR count). The minimum absolute atomic E-state index is 0.0779. The molecular formula is C23H29NO4.